The zero-order valence-corrected chi connectivity index (χ0v) is 17.1. The summed E-state index contributed by atoms with van der Waals surface area (Å²) < 4.78 is 6.16. The molecule has 0 aliphatic heterocycles. The van der Waals surface area contributed by atoms with E-state index in [-0.39, 0.29) is 5.78 Å². The summed E-state index contributed by atoms with van der Waals surface area (Å²) >= 11 is 2.84. The minimum absolute atomic E-state index is 0.0575. The van der Waals surface area contributed by atoms with Gasteiger partial charge in [-0.2, -0.15) is 0 Å². The van der Waals surface area contributed by atoms with E-state index >= 15 is 0 Å². The summed E-state index contributed by atoms with van der Waals surface area (Å²) in [5.41, 5.74) is 4.06. The van der Waals surface area contributed by atoms with Gasteiger partial charge in [-0.15, -0.1) is 10.2 Å². The number of Topliss-reactive ketones (excluding diaryl/α,β-unsaturated/α-hetero) is 1. The van der Waals surface area contributed by atoms with Crippen LogP contribution in [0.2, 0.25) is 0 Å². The summed E-state index contributed by atoms with van der Waals surface area (Å²) in [7, 11) is 0. The molecule has 1 N–H and O–H groups in total. The van der Waals surface area contributed by atoms with E-state index in [1.54, 1.807) is 12.1 Å². The molecule has 0 saturated carbocycles. The summed E-state index contributed by atoms with van der Waals surface area (Å²) in [6.45, 7) is 6.67. The number of nitrogens with one attached hydrogen (secondary N) is 1. The average Bonchev–Trinajstić information content (AvgIpc) is 3.10. The van der Waals surface area contributed by atoms with Crippen LogP contribution in [-0.4, -0.2) is 28.3 Å². The van der Waals surface area contributed by atoms with E-state index in [1.807, 2.05) is 25.1 Å². The fourth-order valence-corrected chi connectivity index (χ4v) is 4.16. The maximum atomic E-state index is 12.3. The molecule has 1 aromatic heterocycles. The van der Waals surface area contributed by atoms with E-state index < -0.39 is 0 Å². The Labute approximate surface area is 167 Å². The quantitative estimate of drug-likeness (QED) is 0.411. The molecule has 0 aliphatic rings. The van der Waals surface area contributed by atoms with E-state index in [9.17, 15) is 4.79 Å². The van der Waals surface area contributed by atoms with Crippen molar-refractivity contribution in [3.63, 3.8) is 0 Å². The van der Waals surface area contributed by atoms with Gasteiger partial charge in [0.15, 0.2) is 10.1 Å². The number of benzene rings is 2. The number of hydrogen-bond donors (Lipinski definition) is 1. The molecular formula is C20H21N3O2S2. The van der Waals surface area contributed by atoms with E-state index in [1.165, 1.54) is 28.7 Å². The van der Waals surface area contributed by atoms with Crippen LogP contribution in [0.4, 0.5) is 10.8 Å². The lowest BCUT2D eigenvalue weighted by Crippen LogP contribution is -2.02. The molecule has 0 radical (unpaired) electrons. The third-order valence-electron chi connectivity index (χ3n) is 3.84. The Kier molecular flexibility index (Phi) is 6.47. The maximum Gasteiger partial charge on any atom is 0.210 e. The molecule has 0 saturated heterocycles. The topological polar surface area (TPSA) is 64.1 Å². The average molecular weight is 400 g/mol. The monoisotopic (exact) mass is 399 g/mol. The van der Waals surface area contributed by atoms with Crippen LogP contribution in [0.25, 0.3) is 0 Å². The number of aromatic nitrogens is 2. The molecule has 5 nitrogen and oxygen atoms in total. The van der Waals surface area contributed by atoms with Gasteiger partial charge in [0.2, 0.25) is 5.13 Å². The highest BCUT2D eigenvalue weighted by Crippen LogP contribution is 2.29. The standard InChI is InChI=1S/C20H21N3O2S2/c1-4-25-16-8-6-15(7-9-16)18(24)12-26-20-23-22-19(27-20)21-17-10-5-13(2)11-14(17)3/h5-11H,4,12H2,1-3H3,(H,21,22). The zero-order valence-electron chi connectivity index (χ0n) is 15.5. The highest BCUT2D eigenvalue weighted by molar-refractivity contribution is 8.01. The Hall–Kier alpha value is -2.38. The second-order valence-electron chi connectivity index (χ2n) is 5.99. The highest BCUT2D eigenvalue weighted by Gasteiger charge is 2.11. The van der Waals surface area contributed by atoms with Gasteiger partial charge in [0, 0.05) is 11.3 Å². The van der Waals surface area contributed by atoms with Crippen molar-refractivity contribution in [3.05, 3.63) is 59.2 Å². The molecule has 27 heavy (non-hydrogen) atoms. The number of rotatable bonds is 8. The van der Waals surface area contributed by atoms with Crippen molar-refractivity contribution >= 4 is 39.7 Å². The van der Waals surface area contributed by atoms with Crippen LogP contribution < -0.4 is 10.1 Å². The minimum Gasteiger partial charge on any atom is -0.494 e. The first-order chi connectivity index (χ1) is 13.0. The summed E-state index contributed by atoms with van der Waals surface area (Å²) in [5.74, 6) is 1.15. The molecule has 0 unspecified atom stereocenters. The molecule has 7 heteroatoms. The van der Waals surface area contributed by atoms with Gasteiger partial charge in [-0.1, -0.05) is 40.8 Å². The summed E-state index contributed by atoms with van der Waals surface area (Å²) in [5, 5.41) is 12.3. The van der Waals surface area contributed by atoms with Crippen LogP contribution in [0, 0.1) is 13.8 Å². The third-order valence-corrected chi connectivity index (χ3v) is 5.82. The van der Waals surface area contributed by atoms with Crippen molar-refractivity contribution in [1.29, 1.82) is 0 Å². The van der Waals surface area contributed by atoms with Crippen molar-refractivity contribution in [2.45, 2.75) is 25.1 Å². The molecule has 0 fully saturated rings. The number of nitrogens with zero attached hydrogens (tertiary/aromatic N) is 2. The fraction of sp³-hybridized carbons (Fsp3) is 0.250. The van der Waals surface area contributed by atoms with Crippen LogP contribution >= 0.6 is 23.1 Å². The van der Waals surface area contributed by atoms with Crippen LogP contribution in [-0.2, 0) is 0 Å². The van der Waals surface area contributed by atoms with E-state index in [0.717, 1.165) is 26.5 Å². The van der Waals surface area contributed by atoms with Crippen molar-refractivity contribution in [1.82, 2.24) is 10.2 Å². The minimum atomic E-state index is 0.0575. The molecular weight excluding hydrogens is 378 g/mol. The molecule has 1 heterocycles. The number of aryl methyl sites for hydroxylation is 2. The molecule has 0 atom stereocenters. The number of hydrogen-bond acceptors (Lipinski definition) is 7. The van der Waals surface area contributed by atoms with Gasteiger partial charge >= 0.3 is 0 Å². The first-order valence-corrected chi connectivity index (χ1v) is 10.4. The van der Waals surface area contributed by atoms with Gasteiger partial charge in [0.05, 0.1) is 12.4 Å². The lowest BCUT2D eigenvalue weighted by Gasteiger charge is -2.06. The molecule has 0 bridgehead atoms. The van der Waals surface area contributed by atoms with Crippen LogP contribution in [0.5, 0.6) is 5.75 Å². The SMILES string of the molecule is CCOc1ccc(C(=O)CSc2nnc(Nc3ccc(C)cc3C)s2)cc1. The predicted molar refractivity (Wildman–Crippen MR) is 112 cm³/mol. The third kappa shape index (κ3) is 5.30. The first-order valence-electron chi connectivity index (χ1n) is 8.62. The second kappa shape index (κ2) is 9.01. The van der Waals surface area contributed by atoms with Crippen molar-refractivity contribution in [2.24, 2.45) is 0 Å². The van der Waals surface area contributed by atoms with Crippen LogP contribution in [0.3, 0.4) is 0 Å². The maximum absolute atomic E-state index is 12.3. The van der Waals surface area contributed by atoms with Gasteiger partial charge < -0.3 is 10.1 Å². The number of carbonyl (C=O) groups is 1. The lowest BCUT2D eigenvalue weighted by molar-refractivity contribution is 0.102. The molecule has 0 amide bonds. The Morgan fingerprint density at radius 3 is 2.63 bits per heavy atom. The van der Waals surface area contributed by atoms with Crippen LogP contribution in [0.1, 0.15) is 28.4 Å². The van der Waals surface area contributed by atoms with Gasteiger partial charge in [0.1, 0.15) is 5.75 Å². The molecule has 0 aliphatic carbocycles. The fourth-order valence-electron chi connectivity index (χ4n) is 2.50. The molecule has 0 spiro atoms. The predicted octanol–water partition coefficient (Wildman–Crippen LogP) is 5.27. The summed E-state index contributed by atoms with van der Waals surface area (Å²) in [6, 6.07) is 13.4. The number of ether oxygens (including phenoxy) is 1. The van der Waals surface area contributed by atoms with Gasteiger partial charge in [-0.05, 0) is 56.7 Å². The Morgan fingerprint density at radius 1 is 1.15 bits per heavy atom. The van der Waals surface area contributed by atoms with E-state index in [4.69, 9.17) is 4.74 Å². The van der Waals surface area contributed by atoms with E-state index in [0.29, 0.717) is 17.9 Å². The summed E-state index contributed by atoms with van der Waals surface area (Å²) in [4.78, 5) is 12.3. The number of carbonyl (C=O) groups excluding carboxylic acids is 1. The van der Waals surface area contributed by atoms with Crippen LogP contribution in [0.15, 0.2) is 46.8 Å². The van der Waals surface area contributed by atoms with Crippen molar-refractivity contribution in [3.8, 4) is 5.75 Å². The molecule has 2 aromatic carbocycles. The molecule has 3 aromatic rings. The van der Waals surface area contributed by atoms with E-state index in [2.05, 4.69) is 41.5 Å². The number of ketones is 1. The summed E-state index contributed by atoms with van der Waals surface area (Å²) in [6.07, 6.45) is 0. The zero-order chi connectivity index (χ0) is 19.2. The first kappa shape index (κ1) is 19.4. The molecule has 140 valence electrons. The Morgan fingerprint density at radius 2 is 1.93 bits per heavy atom. The van der Waals surface area contributed by atoms with Crippen molar-refractivity contribution in [2.75, 3.05) is 17.7 Å². The lowest BCUT2D eigenvalue weighted by atomic mass is 10.1. The van der Waals surface area contributed by atoms with Gasteiger partial charge in [-0.25, -0.2) is 0 Å². The number of thioether (sulfide) groups is 1. The van der Waals surface area contributed by atoms with Gasteiger partial charge in [-0.3, -0.25) is 4.79 Å². The normalized spacial score (nSPS) is 10.6. The number of anilines is 2. The smallest absolute Gasteiger partial charge is 0.210 e. The van der Waals surface area contributed by atoms with Crippen molar-refractivity contribution < 1.29 is 9.53 Å². The second-order valence-corrected chi connectivity index (χ2v) is 8.19. The Balaban J connectivity index is 1.56. The largest absolute Gasteiger partial charge is 0.494 e. The molecule has 3 rings (SSSR count). The highest BCUT2D eigenvalue weighted by atomic mass is 32.2. The Bertz CT molecular complexity index is 923. The van der Waals surface area contributed by atoms with Gasteiger partial charge in [0.25, 0.3) is 0 Å².